The Morgan fingerprint density at radius 1 is 0.714 bits per heavy atom. The number of esters is 2. The minimum atomic E-state index is -0.521. The maximum atomic E-state index is 12.8. The van der Waals surface area contributed by atoms with Gasteiger partial charge in [0, 0.05) is 0 Å². The van der Waals surface area contributed by atoms with E-state index in [1.54, 1.807) is 26.0 Å². The predicted octanol–water partition coefficient (Wildman–Crippen LogP) is 4.89. The van der Waals surface area contributed by atoms with Gasteiger partial charge in [-0.2, -0.15) is 0 Å². The summed E-state index contributed by atoms with van der Waals surface area (Å²) in [6, 6.07) is 3.48. The Morgan fingerprint density at radius 3 is 1.43 bits per heavy atom. The molecule has 0 unspecified atom stereocenters. The van der Waals surface area contributed by atoms with Crippen LogP contribution < -0.4 is 0 Å². The van der Waals surface area contributed by atoms with Gasteiger partial charge in [0.15, 0.2) is 12.6 Å². The fourth-order valence-electron chi connectivity index (χ4n) is 4.28. The molecule has 0 saturated heterocycles. The van der Waals surface area contributed by atoms with Crippen molar-refractivity contribution in [3.05, 3.63) is 45.8 Å². The van der Waals surface area contributed by atoms with Crippen molar-refractivity contribution in [1.82, 2.24) is 15.0 Å². The van der Waals surface area contributed by atoms with Gasteiger partial charge in [0.2, 0.25) is 0 Å². The van der Waals surface area contributed by atoms with Crippen LogP contribution in [-0.2, 0) is 22.3 Å². The monoisotopic (exact) mass is 481 g/mol. The summed E-state index contributed by atoms with van der Waals surface area (Å²) < 4.78 is 10.5. The number of aromatic amines is 3. The molecule has 0 aliphatic heterocycles. The molecule has 3 aromatic rings. The summed E-state index contributed by atoms with van der Waals surface area (Å²) in [6.07, 6.45) is 3.91. The quantitative estimate of drug-likeness (QED) is 0.249. The first kappa shape index (κ1) is 25.7. The van der Waals surface area contributed by atoms with Gasteiger partial charge in [-0.1, -0.05) is 26.7 Å². The van der Waals surface area contributed by atoms with Crippen LogP contribution in [0.4, 0.5) is 0 Å². The lowest BCUT2D eigenvalue weighted by atomic mass is 10.0. The number of H-pyrrole nitrogens is 3. The standard InChI is InChI=1S/C26H31N3O6/c1-5-9-15-19(13-30)28-23(21(15)25(32)34-7-3)17-11-12-18(27-17)24-22(26(33)35-8-4)16(10-6-2)20(14-31)29-24/h11-14,27-29H,5-10H2,1-4H3. The van der Waals surface area contributed by atoms with Gasteiger partial charge in [-0.15, -0.1) is 0 Å². The van der Waals surface area contributed by atoms with Crippen LogP contribution >= 0.6 is 0 Å². The van der Waals surface area contributed by atoms with E-state index in [0.717, 1.165) is 12.8 Å². The maximum absolute atomic E-state index is 12.8. The molecule has 9 heteroatoms. The fraction of sp³-hybridized carbons (Fsp3) is 0.385. The summed E-state index contributed by atoms with van der Waals surface area (Å²) in [7, 11) is 0. The van der Waals surface area contributed by atoms with Gasteiger partial charge < -0.3 is 24.4 Å². The second kappa shape index (κ2) is 11.5. The van der Waals surface area contributed by atoms with Crippen molar-refractivity contribution >= 4 is 24.5 Å². The lowest BCUT2D eigenvalue weighted by Gasteiger charge is -2.07. The number of hydrogen-bond acceptors (Lipinski definition) is 6. The summed E-state index contributed by atoms with van der Waals surface area (Å²) in [5.74, 6) is -1.04. The van der Waals surface area contributed by atoms with Crippen molar-refractivity contribution in [2.75, 3.05) is 13.2 Å². The second-order valence-electron chi connectivity index (χ2n) is 8.00. The summed E-state index contributed by atoms with van der Waals surface area (Å²) in [4.78, 5) is 58.5. The number of hydrogen-bond donors (Lipinski definition) is 3. The number of rotatable bonds is 12. The maximum Gasteiger partial charge on any atom is 0.340 e. The number of carbonyl (C=O) groups excluding carboxylic acids is 4. The highest BCUT2D eigenvalue weighted by Crippen LogP contribution is 2.34. The number of nitrogens with one attached hydrogen (secondary N) is 3. The Morgan fingerprint density at radius 2 is 1.11 bits per heavy atom. The second-order valence-corrected chi connectivity index (χ2v) is 8.00. The summed E-state index contributed by atoms with van der Waals surface area (Å²) in [5, 5.41) is 0. The summed E-state index contributed by atoms with van der Waals surface area (Å²) in [5.41, 5.74) is 4.37. The van der Waals surface area contributed by atoms with Crippen LogP contribution in [0.3, 0.4) is 0 Å². The topological polar surface area (TPSA) is 134 Å². The fourth-order valence-corrected chi connectivity index (χ4v) is 4.28. The molecule has 0 aromatic carbocycles. The van der Waals surface area contributed by atoms with Gasteiger partial charge in [0.25, 0.3) is 0 Å². The lowest BCUT2D eigenvalue weighted by Crippen LogP contribution is -2.09. The van der Waals surface area contributed by atoms with Gasteiger partial charge in [0.1, 0.15) is 0 Å². The Labute approximate surface area is 203 Å². The molecule has 0 aliphatic carbocycles. The molecule has 0 radical (unpaired) electrons. The number of aromatic nitrogens is 3. The van der Waals surface area contributed by atoms with Crippen LogP contribution in [-0.4, -0.2) is 52.7 Å². The third-order valence-corrected chi connectivity index (χ3v) is 5.69. The van der Waals surface area contributed by atoms with Gasteiger partial charge in [0.05, 0.1) is 58.5 Å². The van der Waals surface area contributed by atoms with Gasteiger partial charge in [-0.25, -0.2) is 9.59 Å². The number of aldehydes is 2. The van der Waals surface area contributed by atoms with Crippen molar-refractivity contribution in [1.29, 1.82) is 0 Å². The highest BCUT2D eigenvalue weighted by molar-refractivity contribution is 6.02. The Bertz CT molecular complexity index is 1140. The zero-order valence-corrected chi connectivity index (χ0v) is 20.5. The molecule has 9 nitrogen and oxygen atoms in total. The normalized spacial score (nSPS) is 10.9. The van der Waals surface area contributed by atoms with E-state index in [1.165, 1.54) is 0 Å². The third kappa shape index (κ3) is 4.99. The molecule has 0 bridgehead atoms. The average molecular weight is 482 g/mol. The Hall–Kier alpha value is -3.88. The first-order valence-electron chi connectivity index (χ1n) is 11.9. The van der Waals surface area contributed by atoms with Gasteiger partial charge in [-0.05, 0) is 49.9 Å². The summed E-state index contributed by atoms with van der Waals surface area (Å²) in [6.45, 7) is 7.76. The average Bonchev–Trinajstić information content (AvgIpc) is 3.55. The first-order chi connectivity index (χ1) is 16.9. The highest BCUT2D eigenvalue weighted by Gasteiger charge is 2.28. The Balaban J connectivity index is 2.19. The third-order valence-electron chi connectivity index (χ3n) is 5.69. The molecule has 3 N–H and O–H groups in total. The van der Waals surface area contributed by atoms with Crippen molar-refractivity contribution in [3.8, 4) is 22.8 Å². The molecular weight excluding hydrogens is 450 g/mol. The van der Waals surface area contributed by atoms with E-state index >= 15 is 0 Å². The highest BCUT2D eigenvalue weighted by atomic mass is 16.5. The minimum Gasteiger partial charge on any atom is -0.462 e. The smallest absolute Gasteiger partial charge is 0.340 e. The van der Waals surface area contributed by atoms with E-state index in [-0.39, 0.29) is 13.2 Å². The number of ether oxygens (including phenoxy) is 2. The van der Waals surface area contributed by atoms with Gasteiger partial charge in [-0.3, -0.25) is 9.59 Å². The molecule has 186 valence electrons. The van der Waals surface area contributed by atoms with Crippen LogP contribution in [0.15, 0.2) is 12.1 Å². The molecule has 0 spiro atoms. The molecule has 35 heavy (non-hydrogen) atoms. The molecule has 0 fully saturated rings. The lowest BCUT2D eigenvalue weighted by molar-refractivity contribution is 0.0516. The zero-order chi connectivity index (χ0) is 25.5. The van der Waals surface area contributed by atoms with Gasteiger partial charge >= 0.3 is 11.9 Å². The molecule has 0 aliphatic rings. The largest absolute Gasteiger partial charge is 0.462 e. The molecule has 3 rings (SSSR count). The van der Waals surface area contributed by atoms with E-state index in [1.807, 2.05) is 13.8 Å². The van der Waals surface area contributed by atoms with Crippen molar-refractivity contribution in [2.24, 2.45) is 0 Å². The minimum absolute atomic E-state index is 0.196. The van der Waals surface area contributed by atoms with Crippen molar-refractivity contribution in [2.45, 2.75) is 53.4 Å². The predicted molar refractivity (Wildman–Crippen MR) is 131 cm³/mol. The molecule has 0 atom stereocenters. The van der Waals surface area contributed by atoms with E-state index in [4.69, 9.17) is 9.47 Å². The van der Waals surface area contributed by atoms with Crippen LogP contribution in [0, 0.1) is 0 Å². The van der Waals surface area contributed by atoms with E-state index < -0.39 is 11.9 Å². The zero-order valence-electron chi connectivity index (χ0n) is 20.5. The van der Waals surface area contributed by atoms with E-state index in [0.29, 0.717) is 81.8 Å². The van der Waals surface area contributed by atoms with Crippen LogP contribution in [0.25, 0.3) is 22.8 Å². The molecule has 3 aromatic heterocycles. The molecular formula is C26H31N3O6. The van der Waals surface area contributed by atoms with E-state index in [2.05, 4.69) is 15.0 Å². The Kier molecular flexibility index (Phi) is 8.46. The van der Waals surface area contributed by atoms with Crippen molar-refractivity contribution < 1.29 is 28.7 Å². The molecule has 0 saturated carbocycles. The van der Waals surface area contributed by atoms with Crippen LogP contribution in [0.5, 0.6) is 0 Å². The van der Waals surface area contributed by atoms with Crippen LogP contribution in [0.2, 0.25) is 0 Å². The molecule has 0 amide bonds. The number of carbonyl (C=O) groups is 4. The molecule has 3 heterocycles. The van der Waals surface area contributed by atoms with Crippen molar-refractivity contribution in [3.63, 3.8) is 0 Å². The first-order valence-corrected chi connectivity index (χ1v) is 11.9. The summed E-state index contributed by atoms with van der Waals surface area (Å²) >= 11 is 0. The van der Waals surface area contributed by atoms with E-state index in [9.17, 15) is 19.2 Å². The van der Waals surface area contributed by atoms with Crippen LogP contribution in [0.1, 0.15) is 93.4 Å². The SMILES string of the molecule is CCCc1c(C=O)[nH]c(-c2ccc(-c3[nH]c(C=O)c(CCC)c3C(=O)OCC)[nH]2)c1C(=O)OCC.